The van der Waals surface area contributed by atoms with Gasteiger partial charge in [0.25, 0.3) is 0 Å². The summed E-state index contributed by atoms with van der Waals surface area (Å²) in [5, 5.41) is 12.8. The third-order valence-electron chi connectivity index (χ3n) is 5.94. The summed E-state index contributed by atoms with van der Waals surface area (Å²) >= 11 is 0. The predicted molar refractivity (Wildman–Crippen MR) is 155 cm³/mol. The molecule has 0 aliphatic heterocycles. The van der Waals surface area contributed by atoms with Crippen molar-refractivity contribution in [3.05, 3.63) is 144 Å². The third kappa shape index (κ3) is 7.25. The van der Waals surface area contributed by atoms with E-state index in [2.05, 4.69) is 73.5 Å². The quantitative estimate of drug-likeness (QED) is 0.137. The number of aryl methyl sites for hydroxylation is 2. The van der Waals surface area contributed by atoms with Crippen molar-refractivity contribution in [1.82, 2.24) is 9.78 Å². The van der Waals surface area contributed by atoms with E-state index in [1.165, 1.54) is 27.8 Å². The van der Waals surface area contributed by atoms with Gasteiger partial charge in [-0.15, -0.1) is 17.7 Å². The number of anilines is 1. The van der Waals surface area contributed by atoms with Gasteiger partial charge in [-0.2, -0.15) is 53.8 Å². The Morgan fingerprint density at radius 3 is 2.16 bits per heavy atom. The molecule has 5 aromatic rings. The molecule has 0 saturated heterocycles. The smallest absolute Gasteiger partial charge is 0.811 e. The summed E-state index contributed by atoms with van der Waals surface area (Å²) in [4.78, 5) is 1.91. The molecule has 0 atom stereocenters. The molecule has 1 heterocycles. The van der Waals surface area contributed by atoms with Crippen molar-refractivity contribution in [2.45, 2.75) is 13.8 Å². The van der Waals surface area contributed by atoms with Gasteiger partial charge in [-0.25, -0.2) is 0 Å². The van der Waals surface area contributed by atoms with Gasteiger partial charge in [-0.05, 0) is 42.9 Å². The molecule has 0 radical (unpaired) electrons. The minimum Gasteiger partial charge on any atom is -0.811 e. The molecule has 4 aromatic carbocycles. The van der Waals surface area contributed by atoms with Crippen molar-refractivity contribution in [2.75, 3.05) is 11.9 Å². The maximum absolute atomic E-state index is 8.77. The zero-order chi connectivity index (χ0) is 26.0. The number of hydrogen-bond donors (Lipinski definition) is 0. The topological polar surface area (TPSA) is 43.4 Å². The minimum atomic E-state index is 0. The maximum atomic E-state index is 8.77. The van der Waals surface area contributed by atoms with Gasteiger partial charge in [-0.3, -0.25) is 4.68 Å². The van der Waals surface area contributed by atoms with E-state index in [-0.39, 0.29) is 20.1 Å². The Morgan fingerprint density at radius 2 is 1.58 bits per heavy atom. The van der Waals surface area contributed by atoms with Gasteiger partial charge in [0.1, 0.15) is 0 Å². The van der Waals surface area contributed by atoms with E-state index in [0.29, 0.717) is 0 Å². The van der Waals surface area contributed by atoms with Crippen LogP contribution in [0.25, 0.3) is 33.4 Å². The molecule has 1 aromatic heterocycles. The molecule has 0 amide bonds. The van der Waals surface area contributed by atoms with Gasteiger partial charge in [-0.1, -0.05) is 70.9 Å². The van der Waals surface area contributed by atoms with Crippen molar-refractivity contribution < 1.29 is 20.1 Å². The van der Waals surface area contributed by atoms with Crippen LogP contribution in [0.3, 0.4) is 0 Å². The summed E-state index contributed by atoms with van der Waals surface area (Å²) in [6, 6.07) is 37.2. The Balaban J connectivity index is 0.000000278. The molecule has 0 N–H and O–H groups in total. The summed E-state index contributed by atoms with van der Waals surface area (Å²) in [5.74, 6) is 0. The van der Waals surface area contributed by atoms with Crippen LogP contribution in [0.2, 0.25) is 0 Å². The monoisotopic (exact) mass is 674 g/mol. The number of rotatable bonds is 6. The molecule has 38 heavy (non-hydrogen) atoms. The summed E-state index contributed by atoms with van der Waals surface area (Å²) in [7, 11) is 1.93. The van der Waals surface area contributed by atoms with Gasteiger partial charge >= 0.3 is 20.1 Å². The minimum absolute atomic E-state index is 0. The second kappa shape index (κ2) is 14.0. The molecule has 0 aliphatic carbocycles. The Hall–Kier alpha value is -4.05. The zero-order valence-corrected chi connectivity index (χ0v) is 24.1. The molecule has 5 rings (SSSR count). The molecule has 0 fully saturated rings. The first-order valence-corrected chi connectivity index (χ1v) is 12.1. The van der Waals surface area contributed by atoms with Crippen molar-refractivity contribution in [3.63, 3.8) is 0 Å². The van der Waals surface area contributed by atoms with Crippen LogP contribution in [-0.4, -0.2) is 23.0 Å². The molecule has 0 saturated carbocycles. The number of para-hydroxylation sites is 1. The fourth-order valence-electron chi connectivity index (χ4n) is 4.19. The van der Waals surface area contributed by atoms with E-state index in [4.69, 9.17) is 5.41 Å². The Bertz CT molecular complexity index is 1420. The predicted octanol–water partition coefficient (Wildman–Crippen LogP) is 7.70. The second-order valence-corrected chi connectivity index (χ2v) is 8.61. The Morgan fingerprint density at radius 1 is 0.842 bits per heavy atom. The number of benzene rings is 4. The maximum Gasteiger partial charge on any atom is 3.00 e. The first-order chi connectivity index (χ1) is 18.1. The Labute approximate surface area is 239 Å². The molecule has 0 spiro atoms. The number of aromatic nitrogens is 2. The molecule has 4 nitrogen and oxygen atoms in total. The summed E-state index contributed by atoms with van der Waals surface area (Å²) < 4.78 is 1.78. The van der Waals surface area contributed by atoms with Crippen LogP contribution in [0.1, 0.15) is 11.1 Å². The normalized spacial score (nSPS) is 10.3. The second-order valence-electron chi connectivity index (χ2n) is 8.61. The Kier molecular flexibility index (Phi) is 10.5. The van der Waals surface area contributed by atoms with Gasteiger partial charge in [0, 0.05) is 19.4 Å². The summed E-state index contributed by atoms with van der Waals surface area (Å²) in [5.41, 5.74) is 9.34. The third-order valence-corrected chi connectivity index (χ3v) is 5.94. The van der Waals surface area contributed by atoms with Crippen LogP contribution in [0.4, 0.5) is 5.69 Å². The van der Waals surface area contributed by atoms with E-state index >= 15 is 0 Å². The van der Waals surface area contributed by atoms with E-state index < -0.39 is 0 Å². The molecule has 0 bridgehead atoms. The molecule has 0 unspecified atom stereocenters. The molecule has 5 heteroatoms. The van der Waals surface area contributed by atoms with Crippen molar-refractivity contribution in [2.24, 2.45) is 0 Å². The number of allylic oxidation sites excluding steroid dienone is 1. The summed E-state index contributed by atoms with van der Waals surface area (Å²) in [6.45, 7) is 4.32. The van der Waals surface area contributed by atoms with Crippen LogP contribution < -0.4 is 4.90 Å². The first-order valence-electron chi connectivity index (χ1n) is 12.1. The van der Waals surface area contributed by atoms with Gasteiger partial charge < -0.3 is 10.3 Å². The van der Waals surface area contributed by atoms with Gasteiger partial charge in [0.15, 0.2) is 0 Å². The van der Waals surface area contributed by atoms with Crippen LogP contribution in [-0.2, 0) is 20.1 Å². The van der Waals surface area contributed by atoms with Gasteiger partial charge in [0.05, 0.1) is 0 Å². The fraction of sp³-hybridized carbons (Fsp3) is 0.0909. The van der Waals surface area contributed by atoms with Gasteiger partial charge in [0.2, 0.25) is 0 Å². The van der Waals surface area contributed by atoms with E-state index in [1.807, 2.05) is 66.7 Å². The van der Waals surface area contributed by atoms with Crippen LogP contribution >= 0.6 is 0 Å². The largest absolute Gasteiger partial charge is 3.00 e. The average Bonchev–Trinajstić information content (AvgIpc) is 3.48. The number of hydrogen-bond acceptors (Lipinski definition) is 2. The van der Waals surface area contributed by atoms with Crippen LogP contribution in [0.15, 0.2) is 116 Å². The standard InChI is InChI=1S/C24H22N2.C9H7N2.Ir/c1-18-16-22(20-8-5-4-6-9-20)17-19(2)24(18)21-10-12-23(13-11-21)26(3)15-7-14-25;1-2-5-9(6-3-1)11-8-4-7-10-11;/h4-12,14-17H,1-3H3;1-5,7-8H;/q-2;-1;+3/b15-7-;;. The SMILES string of the molecule is Cc1cc(-c2ccccc2)cc(C)c1-c1c[c-]c(N(C)/C=C\C=[N-])cc1.[Ir+3].[c-]1ccccc1-n1cccn1. The van der Waals surface area contributed by atoms with Crippen LogP contribution in [0.5, 0.6) is 0 Å². The molecule has 0 aliphatic rings. The summed E-state index contributed by atoms with van der Waals surface area (Å²) in [6.07, 6.45) is 8.04. The zero-order valence-electron chi connectivity index (χ0n) is 21.7. The fourth-order valence-corrected chi connectivity index (χ4v) is 4.19. The molecule has 190 valence electrons. The van der Waals surface area contributed by atoms with Crippen molar-refractivity contribution in [3.8, 4) is 27.9 Å². The van der Waals surface area contributed by atoms with E-state index in [1.54, 1.807) is 23.2 Å². The molecular weight excluding hydrogens is 645 g/mol. The first kappa shape index (κ1) is 28.5. The molecular formula is C33H29IrN4. The van der Waals surface area contributed by atoms with E-state index in [9.17, 15) is 0 Å². The van der Waals surface area contributed by atoms with Crippen molar-refractivity contribution >= 4 is 11.9 Å². The van der Waals surface area contributed by atoms with Crippen LogP contribution in [0, 0.1) is 26.0 Å². The van der Waals surface area contributed by atoms with E-state index in [0.717, 1.165) is 23.2 Å². The van der Waals surface area contributed by atoms with Crippen molar-refractivity contribution in [1.29, 1.82) is 0 Å². The average molecular weight is 674 g/mol. The number of nitrogens with zero attached hydrogens (tertiary/aromatic N) is 4.